The summed E-state index contributed by atoms with van der Waals surface area (Å²) in [7, 11) is 0. The van der Waals surface area contributed by atoms with E-state index in [2.05, 4.69) is 36.1 Å². The second-order valence-electron chi connectivity index (χ2n) is 4.01. The van der Waals surface area contributed by atoms with Gasteiger partial charge >= 0.3 is 0 Å². The van der Waals surface area contributed by atoms with Gasteiger partial charge in [0.05, 0.1) is 12.0 Å². The molecule has 1 aromatic heterocycles. The van der Waals surface area contributed by atoms with E-state index in [0.717, 1.165) is 5.69 Å². The Labute approximate surface area is 77.4 Å². The molecule has 0 aliphatic rings. The molecule has 1 heterocycles. The lowest BCUT2D eigenvalue weighted by Crippen LogP contribution is -2.35. The maximum atomic E-state index is 10.9. The molecule has 0 saturated carbocycles. The van der Waals surface area contributed by atoms with Crippen molar-refractivity contribution < 1.29 is 0 Å². The molecule has 4 nitrogen and oxygen atoms in total. The smallest absolute Gasteiger partial charge is 0.250 e. The Hall–Kier alpha value is -1.16. The van der Waals surface area contributed by atoms with Gasteiger partial charge in [0, 0.05) is 18.2 Å². The molecule has 0 aromatic carbocycles. The van der Waals surface area contributed by atoms with Gasteiger partial charge in [0.15, 0.2) is 0 Å². The van der Waals surface area contributed by atoms with Gasteiger partial charge in [-0.15, -0.1) is 0 Å². The van der Waals surface area contributed by atoms with Crippen molar-refractivity contribution in [3.63, 3.8) is 0 Å². The number of aromatic amines is 1. The zero-order chi connectivity index (χ0) is 9.90. The minimum absolute atomic E-state index is 0.0459. The highest BCUT2D eigenvalue weighted by Gasteiger charge is 2.08. The molecule has 2 N–H and O–H groups in total. The van der Waals surface area contributed by atoms with E-state index in [1.54, 1.807) is 0 Å². The molecule has 0 radical (unpaired) electrons. The van der Waals surface area contributed by atoms with Crippen LogP contribution in [0.5, 0.6) is 0 Å². The van der Waals surface area contributed by atoms with Crippen molar-refractivity contribution in [1.82, 2.24) is 15.3 Å². The Bertz CT molecular complexity index is 324. The Kier molecular flexibility index (Phi) is 2.83. The molecular formula is C9H15N3O. The van der Waals surface area contributed by atoms with Crippen molar-refractivity contribution in [2.45, 2.75) is 32.9 Å². The second-order valence-corrected chi connectivity index (χ2v) is 4.01. The summed E-state index contributed by atoms with van der Waals surface area (Å²) < 4.78 is 0. The number of rotatable bonds is 2. The van der Waals surface area contributed by atoms with Crippen LogP contribution in [-0.2, 0) is 6.54 Å². The van der Waals surface area contributed by atoms with Crippen molar-refractivity contribution in [3.05, 3.63) is 28.4 Å². The molecule has 4 heteroatoms. The number of hydrogen-bond donors (Lipinski definition) is 2. The fourth-order valence-corrected chi connectivity index (χ4v) is 0.861. The third kappa shape index (κ3) is 3.85. The predicted octanol–water partition coefficient (Wildman–Crippen LogP) is 0.658. The standard InChI is InChI=1S/C9H15N3O/c1-9(2,3)12-5-7-4-8(13)11-6-10-7/h4,6,12H,5H2,1-3H3,(H,10,11,13). The first-order chi connectivity index (χ1) is 5.97. The van der Waals surface area contributed by atoms with Crippen molar-refractivity contribution in [2.75, 3.05) is 0 Å². The van der Waals surface area contributed by atoms with E-state index >= 15 is 0 Å². The largest absolute Gasteiger partial charge is 0.313 e. The molecule has 0 amide bonds. The molecule has 1 aromatic rings. The van der Waals surface area contributed by atoms with E-state index in [1.807, 2.05) is 0 Å². The molecule has 13 heavy (non-hydrogen) atoms. The van der Waals surface area contributed by atoms with E-state index in [1.165, 1.54) is 12.4 Å². The molecule has 0 fully saturated rings. The summed E-state index contributed by atoms with van der Waals surface area (Å²) in [5, 5.41) is 3.25. The zero-order valence-corrected chi connectivity index (χ0v) is 8.22. The second kappa shape index (κ2) is 3.70. The van der Waals surface area contributed by atoms with Gasteiger partial charge in [0.25, 0.3) is 5.56 Å². The minimum Gasteiger partial charge on any atom is -0.313 e. The lowest BCUT2D eigenvalue weighted by Gasteiger charge is -2.19. The highest BCUT2D eigenvalue weighted by molar-refractivity contribution is 4.98. The summed E-state index contributed by atoms with van der Waals surface area (Å²) in [5.41, 5.74) is 0.698. The van der Waals surface area contributed by atoms with Crippen LogP contribution in [0.2, 0.25) is 0 Å². The lowest BCUT2D eigenvalue weighted by molar-refractivity contribution is 0.421. The fourth-order valence-electron chi connectivity index (χ4n) is 0.861. The van der Waals surface area contributed by atoms with Crippen LogP contribution in [0.1, 0.15) is 26.5 Å². The number of H-pyrrole nitrogens is 1. The first-order valence-electron chi connectivity index (χ1n) is 4.26. The first kappa shape index (κ1) is 9.92. The summed E-state index contributed by atoms with van der Waals surface area (Å²) in [5.74, 6) is 0. The third-order valence-corrected chi connectivity index (χ3v) is 1.53. The molecule has 72 valence electrons. The Morgan fingerprint density at radius 1 is 1.54 bits per heavy atom. The van der Waals surface area contributed by atoms with Crippen LogP contribution >= 0.6 is 0 Å². The van der Waals surface area contributed by atoms with Gasteiger partial charge in [0.2, 0.25) is 0 Å². The number of hydrogen-bond acceptors (Lipinski definition) is 3. The van der Waals surface area contributed by atoms with Crippen molar-refractivity contribution >= 4 is 0 Å². The van der Waals surface area contributed by atoms with Crippen LogP contribution in [0.3, 0.4) is 0 Å². The molecule has 1 rings (SSSR count). The number of aromatic nitrogens is 2. The predicted molar refractivity (Wildman–Crippen MR) is 51.5 cm³/mol. The van der Waals surface area contributed by atoms with Gasteiger partial charge in [-0.25, -0.2) is 4.98 Å². The van der Waals surface area contributed by atoms with Gasteiger partial charge in [-0.05, 0) is 20.8 Å². The highest BCUT2D eigenvalue weighted by atomic mass is 16.1. The summed E-state index contributed by atoms with van der Waals surface area (Å²) in [6.45, 7) is 6.83. The van der Waals surface area contributed by atoms with Crippen LogP contribution in [0.15, 0.2) is 17.2 Å². The van der Waals surface area contributed by atoms with Gasteiger partial charge < -0.3 is 10.3 Å². The van der Waals surface area contributed by atoms with E-state index in [0.29, 0.717) is 6.54 Å². The monoisotopic (exact) mass is 181 g/mol. The first-order valence-corrected chi connectivity index (χ1v) is 4.26. The van der Waals surface area contributed by atoms with Gasteiger partial charge in [-0.3, -0.25) is 4.79 Å². The molecule has 0 aliphatic carbocycles. The Morgan fingerprint density at radius 3 is 2.77 bits per heavy atom. The molecule has 0 aliphatic heterocycles. The minimum atomic E-state index is -0.110. The average molecular weight is 181 g/mol. The van der Waals surface area contributed by atoms with Crippen molar-refractivity contribution in [2.24, 2.45) is 0 Å². The van der Waals surface area contributed by atoms with Crippen LogP contribution in [0.25, 0.3) is 0 Å². The van der Waals surface area contributed by atoms with Crippen molar-refractivity contribution in [3.8, 4) is 0 Å². The van der Waals surface area contributed by atoms with E-state index in [-0.39, 0.29) is 11.1 Å². The topological polar surface area (TPSA) is 57.8 Å². The summed E-state index contributed by atoms with van der Waals surface area (Å²) in [6.07, 6.45) is 1.42. The van der Waals surface area contributed by atoms with Gasteiger partial charge in [0.1, 0.15) is 0 Å². The SMILES string of the molecule is CC(C)(C)NCc1cc(=O)[nH]cn1. The van der Waals surface area contributed by atoms with E-state index < -0.39 is 0 Å². The Balaban J connectivity index is 2.60. The van der Waals surface area contributed by atoms with Gasteiger partial charge in [-0.1, -0.05) is 0 Å². The molecule has 0 unspecified atom stereocenters. The molecule has 0 bridgehead atoms. The normalized spacial score (nSPS) is 11.6. The highest BCUT2D eigenvalue weighted by Crippen LogP contribution is 1.99. The van der Waals surface area contributed by atoms with Crippen molar-refractivity contribution in [1.29, 1.82) is 0 Å². The van der Waals surface area contributed by atoms with Crippen LogP contribution in [-0.4, -0.2) is 15.5 Å². The van der Waals surface area contributed by atoms with Gasteiger partial charge in [-0.2, -0.15) is 0 Å². The summed E-state index contributed by atoms with van der Waals surface area (Å²) in [6, 6.07) is 1.50. The molecule has 0 atom stereocenters. The number of nitrogens with one attached hydrogen (secondary N) is 2. The molecule has 0 spiro atoms. The molecule has 0 saturated heterocycles. The number of nitrogens with zero attached hydrogens (tertiary/aromatic N) is 1. The molecular weight excluding hydrogens is 166 g/mol. The average Bonchev–Trinajstić information content (AvgIpc) is 2.00. The van der Waals surface area contributed by atoms with E-state index in [9.17, 15) is 4.79 Å². The summed E-state index contributed by atoms with van der Waals surface area (Å²) in [4.78, 5) is 17.4. The third-order valence-electron chi connectivity index (χ3n) is 1.53. The Morgan fingerprint density at radius 2 is 2.23 bits per heavy atom. The van der Waals surface area contributed by atoms with Crippen LogP contribution < -0.4 is 10.9 Å². The van der Waals surface area contributed by atoms with Crippen LogP contribution in [0, 0.1) is 0 Å². The quantitative estimate of drug-likeness (QED) is 0.704. The maximum absolute atomic E-state index is 10.9. The lowest BCUT2D eigenvalue weighted by atomic mass is 10.1. The zero-order valence-electron chi connectivity index (χ0n) is 8.22. The van der Waals surface area contributed by atoms with E-state index in [4.69, 9.17) is 0 Å². The summed E-state index contributed by atoms with van der Waals surface area (Å²) >= 11 is 0. The van der Waals surface area contributed by atoms with Crippen LogP contribution in [0.4, 0.5) is 0 Å². The fraction of sp³-hybridized carbons (Fsp3) is 0.556. The maximum Gasteiger partial charge on any atom is 0.250 e.